The van der Waals surface area contributed by atoms with Crippen LogP contribution < -0.4 is 20.4 Å². The molecule has 200 valence electrons. The molecule has 0 bridgehead atoms. The van der Waals surface area contributed by atoms with Crippen molar-refractivity contribution < 1.29 is 0 Å². The van der Waals surface area contributed by atoms with E-state index < -0.39 is 0 Å². The van der Waals surface area contributed by atoms with Crippen LogP contribution in [0.15, 0.2) is 30.3 Å². The van der Waals surface area contributed by atoms with E-state index in [4.69, 9.17) is 33.8 Å². The van der Waals surface area contributed by atoms with E-state index in [1.54, 1.807) is 0 Å². The van der Waals surface area contributed by atoms with Crippen LogP contribution in [0.2, 0.25) is 5.02 Å². The van der Waals surface area contributed by atoms with Gasteiger partial charge in [0, 0.05) is 49.2 Å². The van der Waals surface area contributed by atoms with Crippen LogP contribution in [0.1, 0.15) is 70.8 Å². The zero-order chi connectivity index (χ0) is 25.8. The van der Waals surface area contributed by atoms with Gasteiger partial charge >= 0.3 is 0 Å². The lowest BCUT2D eigenvalue weighted by atomic mass is 9.79. The number of nitrogens with one attached hydrogen (secondary N) is 2. The van der Waals surface area contributed by atoms with E-state index in [-0.39, 0.29) is 5.41 Å². The van der Waals surface area contributed by atoms with Crippen molar-refractivity contribution >= 4 is 46.5 Å². The topological polar surface area (TPSA) is 56.3 Å². The summed E-state index contributed by atoms with van der Waals surface area (Å²) in [7, 11) is 0. The summed E-state index contributed by atoms with van der Waals surface area (Å²) in [5.41, 5.74) is 1.35. The Balaban J connectivity index is 1.33. The Bertz CT molecular complexity index is 1070. The molecule has 6 nitrogen and oxygen atoms in total. The number of piperidine rings is 2. The minimum atomic E-state index is 0.0540. The van der Waals surface area contributed by atoms with E-state index >= 15 is 0 Å². The number of halogens is 1. The third-order valence-electron chi connectivity index (χ3n) is 8.38. The Morgan fingerprint density at radius 1 is 0.973 bits per heavy atom. The molecule has 2 aliphatic heterocycles. The SMILES string of the molecule is C[C@@H]1C[C@@H](C)CN(c2cc(N3CCCCC3)nc(NC(=S)NCC3(c4cccc(Cl)c4)CCCC3)n2)C1. The highest BCUT2D eigenvalue weighted by Crippen LogP contribution is 2.41. The Morgan fingerprint density at radius 3 is 2.32 bits per heavy atom. The second-order valence-electron chi connectivity index (χ2n) is 11.6. The maximum absolute atomic E-state index is 6.35. The van der Waals surface area contributed by atoms with Crippen LogP contribution in [-0.4, -0.2) is 47.8 Å². The van der Waals surface area contributed by atoms with E-state index in [9.17, 15) is 0 Å². The van der Waals surface area contributed by atoms with Crippen molar-refractivity contribution in [1.29, 1.82) is 0 Å². The fraction of sp³-hybridized carbons (Fsp3) is 0.621. The van der Waals surface area contributed by atoms with Gasteiger partial charge in [0.25, 0.3) is 0 Å². The fourth-order valence-corrected chi connectivity index (χ4v) is 6.96. The highest BCUT2D eigenvalue weighted by atomic mass is 35.5. The molecule has 37 heavy (non-hydrogen) atoms. The van der Waals surface area contributed by atoms with Gasteiger partial charge in [0.15, 0.2) is 5.11 Å². The number of hydrogen-bond donors (Lipinski definition) is 2. The second kappa shape index (κ2) is 11.7. The summed E-state index contributed by atoms with van der Waals surface area (Å²) in [6.07, 6.45) is 9.73. The molecule has 0 spiro atoms. The van der Waals surface area contributed by atoms with Crippen LogP contribution >= 0.6 is 23.8 Å². The van der Waals surface area contributed by atoms with E-state index in [0.717, 1.165) is 62.2 Å². The molecule has 1 saturated carbocycles. The van der Waals surface area contributed by atoms with Crippen molar-refractivity contribution in [1.82, 2.24) is 15.3 Å². The summed E-state index contributed by atoms with van der Waals surface area (Å²) in [5.74, 6) is 3.91. The predicted octanol–water partition coefficient (Wildman–Crippen LogP) is 6.40. The molecule has 2 N–H and O–H groups in total. The molecule has 8 heteroatoms. The molecule has 3 heterocycles. The third-order valence-corrected chi connectivity index (χ3v) is 8.86. The average Bonchev–Trinajstić information content (AvgIpc) is 3.38. The summed E-state index contributed by atoms with van der Waals surface area (Å²) in [4.78, 5) is 14.7. The summed E-state index contributed by atoms with van der Waals surface area (Å²) in [6, 6.07) is 10.5. The molecule has 1 aromatic carbocycles. The van der Waals surface area contributed by atoms with Crippen molar-refractivity contribution in [3.05, 3.63) is 40.9 Å². The van der Waals surface area contributed by atoms with Crippen LogP contribution in [0.4, 0.5) is 17.6 Å². The first-order valence-corrected chi connectivity index (χ1v) is 14.9. The highest BCUT2D eigenvalue weighted by molar-refractivity contribution is 7.80. The number of anilines is 3. The number of thiocarbonyl (C=S) groups is 1. The molecule has 2 aromatic rings. The lowest BCUT2D eigenvalue weighted by Gasteiger charge is -2.36. The van der Waals surface area contributed by atoms with Crippen LogP contribution in [-0.2, 0) is 5.41 Å². The minimum absolute atomic E-state index is 0.0540. The first kappa shape index (κ1) is 26.5. The molecule has 3 fully saturated rings. The normalized spacial score (nSPS) is 23.6. The van der Waals surface area contributed by atoms with Gasteiger partial charge in [-0.1, -0.05) is 50.4 Å². The Morgan fingerprint density at radius 2 is 1.65 bits per heavy atom. The van der Waals surface area contributed by atoms with Crippen LogP contribution in [0, 0.1) is 11.8 Å². The van der Waals surface area contributed by atoms with Gasteiger partial charge in [-0.15, -0.1) is 0 Å². The Kier molecular flexibility index (Phi) is 8.40. The number of nitrogens with zero attached hydrogens (tertiary/aromatic N) is 4. The molecular weight excluding hydrogens is 500 g/mol. The van der Waals surface area contributed by atoms with Crippen molar-refractivity contribution in [3.8, 4) is 0 Å². The first-order valence-electron chi connectivity index (χ1n) is 14.1. The molecule has 3 aliphatic rings. The maximum Gasteiger partial charge on any atom is 0.232 e. The van der Waals surface area contributed by atoms with E-state index in [2.05, 4.69) is 58.5 Å². The molecule has 1 aliphatic carbocycles. The molecule has 0 unspecified atom stereocenters. The van der Waals surface area contributed by atoms with Crippen molar-refractivity contribution in [2.24, 2.45) is 11.8 Å². The van der Waals surface area contributed by atoms with Crippen molar-refractivity contribution in [3.63, 3.8) is 0 Å². The van der Waals surface area contributed by atoms with E-state index in [1.807, 2.05) is 6.07 Å². The van der Waals surface area contributed by atoms with Gasteiger partial charge in [-0.2, -0.15) is 9.97 Å². The fourth-order valence-electron chi connectivity index (χ4n) is 6.61. The van der Waals surface area contributed by atoms with E-state index in [0.29, 0.717) is 22.9 Å². The molecular formula is C29H41ClN6S. The molecule has 1 aromatic heterocycles. The van der Waals surface area contributed by atoms with Gasteiger partial charge in [-0.3, -0.25) is 0 Å². The van der Waals surface area contributed by atoms with Crippen LogP contribution in [0.5, 0.6) is 0 Å². The number of hydrogen-bond acceptors (Lipinski definition) is 5. The summed E-state index contributed by atoms with van der Waals surface area (Å²) >= 11 is 12.1. The smallest absolute Gasteiger partial charge is 0.232 e. The van der Waals surface area contributed by atoms with Gasteiger partial charge in [0.05, 0.1) is 0 Å². The standard InChI is InChI=1S/C29H41ClN6S/c1-21-15-22(2)19-36(18-21)26-17-25(35-13-6-3-7-14-35)32-27(33-26)34-28(37)31-20-29(11-4-5-12-29)23-9-8-10-24(30)16-23/h8-10,16-17,21-22H,3-7,11-15,18-20H2,1-2H3,(H2,31,32,33,34,37)/t21-,22-/m1/s1. The zero-order valence-corrected chi connectivity index (χ0v) is 23.9. The Hall–Kier alpha value is -2.12. The predicted molar refractivity (Wildman–Crippen MR) is 159 cm³/mol. The average molecular weight is 541 g/mol. The second-order valence-corrected chi connectivity index (χ2v) is 12.5. The summed E-state index contributed by atoms with van der Waals surface area (Å²) in [6.45, 7) is 9.62. The lowest BCUT2D eigenvalue weighted by molar-refractivity contribution is 0.355. The summed E-state index contributed by atoms with van der Waals surface area (Å²) in [5, 5.41) is 8.23. The van der Waals surface area contributed by atoms with E-state index in [1.165, 1.54) is 44.1 Å². The van der Waals surface area contributed by atoms with Gasteiger partial charge in [-0.05, 0) is 80.3 Å². The third kappa shape index (κ3) is 6.48. The quantitative estimate of drug-likeness (QED) is 0.411. The largest absolute Gasteiger partial charge is 0.361 e. The molecule has 2 atom stereocenters. The zero-order valence-electron chi connectivity index (χ0n) is 22.3. The maximum atomic E-state index is 6.35. The monoisotopic (exact) mass is 540 g/mol. The number of aromatic nitrogens is 2. The van der Waals surface area contributed by atoms with Crippen LogP contribution in [0.3, 0.4) is 0 Å². The molecule has 0 amide bonds. The highest BCUT2D eigenvalue weighted by Gasteiger charge is 2.36. The van der Waals surface area contributed by atoms with Crippen LogP contribution in [0.25, 0.3) is 0 Å². The first-order chi connectivity index (χ1) is 17.9. The van der Waals surface area contributed by atoms with Gasteiger partial charge in [0.2, 0.25) is 5.95 Å². The Labute approximate surface area is 232 Å². The van der Waals surface area contributed by atoms with Crippen molar-refractivity contribution in [2.75, 3.05) is 47.8 Å². The molecule has 5 rings (SSSR count). The number of benzene rings is 1. The van der Waals surface area contributed by atoms with Gasteiger partial charge in [0.1, 0.15) is 11.6 Å². The van der Waals surface area contributed by atoms with Gasteiger partial charge < -0.3 is 20.4 Å². The van der Waals surface area contributed by atoms with Gasteiger partial charge in [-0.25, -0.2) is 0 Å². The molecule has 0 radical (unpaired) electrons. The molecule has 2 saturated heterocycles. The van der Waals surface area contributed by atoms with Crippen molar-refractivity contribution in [2.45, 2.75) is 70.6 Å². The lowest BCUT2D eigenvalue weighted by Crippen LogP contribution is -2.41. The number of rotatable bonds is 6. The minimum Gasteiger partial charge on any atom is -0.361 e. The summed E-state index contributed by atoms with van der Waals surface area (Å²) < 4.78 is 0.